The highest BCUT2D eigenvalue weighted by Crippen LogP contribution is 2.21. The standard InChI is InChI=1S/C9H14O2/c1-4-9-8(5-10)6(2)7(3)11-9/h10H,4-5H2,1-3H3. The normalized spacial score (nSPS) is 10.5. The van der Waals surface area contributed by atoms with Crippen molar-refractivity contribution < 1.29 is 9.52 Å². The number of hydrogen-bond acceptors (Lipinski definition) is 2. The fourth-order valence-corrected chi connectivity index (χ4v) is 1.24. The molecule has 0 bridgehead atoms. The summed E-state index contributed by atoms with van der Waals surface area (Å²) >= 11 is 0. The molecule has 0 unspecified atom stereocenters. The molecule has 2 nitrogen and oxygen atoms in total. The van der Waals surface area contributed by atoms with Crippen molar-refractivity contribution in [1.29, 1.82) is 0 Å². The van der Waals surface area contributed by atoms with Gasteiger partial charge in [-0.05, 0) is 19.4 Å². The van der Waals surface area contributed by atoms with Crippen LogP contribution in [0.3, 0.4) is 0 Å². The molecule has 11 heavy (non-hydrogen) atoms. The fraction of sp³-hybridized carbons (Fsp3) is 0.556. The number of hydrogen-bond donors (Lipinski definition) is 1. The van der Waals surface area contributed by atoms with Crippen LogP contribution in [0.1, 0.15) is 29.6 Å². The van der Waals surface area contributed by atoms with Gasteiger partial charge >= 0.3 is 0 Å². The Bertz CT molecular complexity index is 248. The molecule has 0 saturated heterocycles. The van der Waals surface area contributed by atoms with Crippen molar-refractivity contribution in [1.82, 2.24) is 0 Å². The molecule has 0 aromatic carbocycles. The first-order valence-corrected chi connectivity index (χ1v) is 3.89. The summed E-state index contributed by atoms with van der Waals surface area (Å²) in [6.45, 7) is 6.01. The summed E-state index contributed by atoms with van der Waals surface area (Å²) in [5.41, 5.74) is 2.05. The number of aliphatic hydroxyl groups excluding tert-OH is 1. The van der Waals surface area contributed by atoms with Crippen LogP contribution >= 0.6 is 0 Å². The number of rotatable bonds is 2. The van der Waals surface area contributed by atoms with Gasteiger partial charge in [0, 0.05) is 12.0 Å². The van der Waals surface area contributed by atoms with Crippen molar-refractivity contribution in [2.75, 3.05) is 0 Å². The van der Waals surface area contributed by atoms with Gasteiger partial charge in [0.2, 0.25) is 0 Å². The van der Waals surface area contributed by atoms with Crippen molar-refractivity contribution >= 4 is 0 Å². The first-order valence-electron chi connectivity index (χ1n) is 3.89. The largest absolute Gasteiger partial charge is 0.466 e. The summed E-state index contributed by atoms with van der Waals surface area (Å²) in [7, 11) is 0. The van der Waals surface area contributed by atoms with E-state index >= 15 is 0 Å². The second-order valence-electron chi connectivity index (χ2n) is 2.70. The molecule has 0 fully saturated rings. The Balaban J connectivity index is 3.15. The molecular weight excluding hydrogens is 140 g/mol. The van der Waals surface area contributed by atoms with Crippen molar-refractivity contribution in [2.24, 2.45) is 0 Å². The van der Waals surface area contributed by atoms with Crippen LogP contribution in [0.25, 0.3) is 0 Å². The maximum absolute atomic E-state index is 8.98. The van der Waals surface area contributed by atoms with Crippen LogP contribution in [0.5, 0.6) is 0 Å². The molecule has 1 rings (SSSR count). The number of aliphatic hydroxyl groups is 1. The fourth-order valence-electron chi connectivity index (χ4n) is 1.24. The Morgan fingerprint density at radius 2 is 2.00 bits per heavy atom. The first kappa shape index (κ1) is 8.34. The Morgan fingerprint density at radius 3 is 2.36 bits per heavy atom. The third-order valence-electron chi connectivity index (χ3n) is 2.07. The molecule has 0 atom stereocenters. The van der Waals surface area contributed by atoms with Gasteiger partial charge in [0.15, 0.2) is 0 Å². The maximum Gasteiger partial charge on any atom is 0.109 e. The Hall–Kier alpha value is -0.760. The third kappa shape index (κ3) is 1.31. The predicted octanol–water partition coefficient (Wildman–Crippen LogP) is 1.95. The summed E-state index contributed by atoms with van der Waals surface area (Å²) in [6, 6.07) is 0. The Labute approximate surface area is 66.8 Å². The quantitative estimate of drug-likeness (QED) is 0.706. The van der Waals surface area contributed by atoms with E-state index in [1.54, 1.807) is 0 Å². The van der Waals surface area contributed by atoms with Crippen LogP contribution in [-0.4, -0.2) is 5.11 Å². The van der Waals surface area contributed by atoms with Crippen molar-refractivity contribution in [3.63, 3.8) is 0 Å². The van der Waals surface area contributed by atoms with E-state index in [9.17, 15) is 0 Å². The molecule has 0 amide bonds. The lowest BCUT2D eigenvalue weighted by Crippen LogP contribution is -1.88. The highest BCUT2D eigenvalue weighted by atomic mass is 16.3. The lowest BCUT2D eigenvalue weighted by Gasteiger charge is -1.94. The molecule has 0 aliphatic rings. The average molecular weight is 154 g/mol. The van der Waals surface area contributed by atoms with Crippen LogP contribution in [0.2, 0.25) is 0 Å². The minimum absolute atomic E-state index is 0.0896. The molecule has 0 spiro atoms. The van der Waals surface area contributed by atoms with E-state index in [4.69, 9.17) is 9.52 Å². The molecule has 0 radical (unpaired) electrons. The predicted molar refractivity (Wildman–Crippen MR) is 43.5 cm³/mol. The Kier molecular flexibility index (Phi) is 2.35. The summed E-state index contributed by atoms with van der Waals surface area (Å²) in [6.07, 6.45) is 0.852. The van der Waals surface area contributed by atoms with E-state index in [1.807, 2.05) is 20.8 Å². The smallest absolute Gasteiger partial charge is 0.109 e. The molecular formula is C9H14O2. The minimum atomic E-state index is 0.0896. The van der Waals surface area contributed by atoms with Gasteiger partial charge in [-0.2, -0.15) is 0 Å². The summed E-state index contributed by atoms with van der Waals surface area (Å²) < 4.78 is 5.43. The second kappa shape index (κ2) is 3.09. The lowest BCUT2D eigenvalue weighted by molar-refractivity contribution is 0.277. The lowest BCUT2D eigenvalue weighted by atomic mass is 10.1. The van der Waals surface area contributed by atoms with Gasteiger partial charge in [-0.25, -0.2) is 0 Å². The topological polar surface area (TPSA) is 33.4 Å². The van der Waals surface area contributed by atoms with E-state index in [-0.39, 0.29) is 6.61 Å². The van der Waals surface area contributed by atoms with E-state index in [0.29, 0.717) is 0 Å². The molecule has 1 N–H and O–H groups in total. The van der Waals surface area contributed by atoms with Crippen molar-refractivity contribution in [2.45, 2.75) is 33.8 Å². The summed E-state index contributed by atoms with van der Waals surface area (Å²) in [5, 5.41) is 8.98. The van der Waals surface area contributed by atoms with E-state index < -0.39 is 0 Å². The molecule has 62 valence electrons. The highest BCUT2D eigenvalue weighted by Gasteiger charge is 2.10. The van der Waals surface area contributed by atoms with Gasteiger partial charge in [0.25, 0.3) is 0 Å². The van der Waals surface area contributed by atoms with E-state index in [2.05, 4.69) is 0 Å². The van der Waals surface area contributed by atoms with Crippen LogP contribution in [0, 0.1) is 13.8 Å². The molecule has 1 heterocycles. The summed E-state index contributed by atoms with van der Waals surface area (Å²) in [4.78, 5) is 0. The van der Waals surface area contributed by atoms with Crippen LogP contribution in [0.4, 0.5) is 0 Å². The van der Waals surface area contributed by atoms with Gasteiger partial charge in [0.1, 0.15) is 11.5 Å². The molecule has 0 saturated carbocycles. The summed E-state index contributed by atoms with van der Waals surface area (Å²) in [5.74, 6) is 1.84. The van der Waals surface area contributed by atoms with Crippen LogP contribution < -0.4 is 0 Å². The maximum atomic E-state index is 8.98. The van der Waals surface area contributed by atoms with Gasteiger partial charge in [-0.15, -0.1) is 0 Å². The van der Waals surface area contributed by atoms with Gasteiger partial charge in [0.05, 0.1) is 6.61 Å². The Morgan fingerprint density at radius 1 is 1.36 bits per heavy atom. The van der Waals surface area contributed by atoms with Crippen molar-refractivity contribution in [3.8, 4) is 0 Å². The molecule has 2 heteroatoms. The molecule has 1 aromatic heterocycles. The van der Waals surface area contributed by atoms with Gasteiger partial charge in [-0.3, -0.25) is 0 Å². The van der Waals surface area contributed by atoms with E-state index in [1.165, 1.54) is 0 Å². The van der Waals surface area contributed by atoms with Gasteiger partial charge < -0.3 is 9.52 Å². The molecule has 0 aliphatic carbocycles. The van der Waals surface area contributed by atoms with Crippen LogP contribution in [-0.2, 0) is 13.0 Å². The monoisotopic (exact) mass is 154 g/mol. The second-order valence-corrected chi connectivity index (χ2v) is 2.70. The molecule has 0 aliphatic heterocycles. The molecule has 1 aromatic rings. The minimum Gasteiger partial charge on any atom is -0.466 e. The van der Waals surface area contributed by atoms with Crippen molar-refractivity contribution in [3.05, 3.63) is 22.6 Å². The van der Waals surface area contributed by atoms with E-state index in [0.717, 1.165) is 29.1 Å². The third-order valence-corrected chi connectivity index (χ3v) is 2.07. The zero-order valence-electron chi connectivity index (χ0n) is 7.27. The zero-order valence-corrected chi connectivity index (χ0v) is 7.27. The van der Waals surface area contributed by atoms with Gasteiger partial charge in [-0.1, -0.05) is 6.92 Å². The zero-order chi connectivity index (χ0) is 8.43. The first-order chi connectivity index (χ1) is 5.20. The average Bonchev–Trinajstić information content (AvgIpc) is 2.28. The SMILES string of the molecule is CCc1oc(C)c(C)c1CO. The number of aryl methyl sites for hydroxylation is 2. The number of furan rings is 1. The highest BCUT2D eigenvalue weighted by molar-refractivity contribution is 5.31. The van der Waals surface area contributed by atoms with Crippen LogP contribution in [0.15, 0.2) is 4.42 Å².